The van der Waals surface area contributed by atoms with Crippen LogP contribution in [-0.4, -0.2) is 15.0 Å². The number of aromatic nitrogens is 3. The summed E-state index contributed by atoms with van der Waals surface area (Å²) in [5.74, 6) is 0.497. The lowest BCUT2D eigenvalue weighted by Gasteiger charge is -2.04. The van der Waals surface area contributed by atoms with Crippen LogP contribution in [0.25, 0.3) is 0 Å². The molecular formula is C10H8ClFN4. The third kappa shape index (κ3) is 2.64. The van der Waals surface area contributed by atoms with Gasteiger partial charge in [0.15, 0.2) is 0 Å². The Balaban J connectivity index is 2.23. The van der Waals surface area contributed by atoms with Gasteiger partial charge in [-0.15, -0.1) is 0 Å². The zero-order valence-electron chi connectivity index (χ0n) is 8.41. The van der Waals surface area contributed by atoms with Crippen molar-refractivity contribution in [3.05, 3.63) is 41.2 Å². The van der Waals surface area contributed by atoms with Crippen molar-refractivity contribution in [1.82, 2.24) is 15.0 Å². The molecule has 4 nitrogen and oxygen atoms in total. The average Bonchev–Trinajstić information content (AvgIpc) is 2.20. The molecule has 1 aromatic heterocycles. The van der Waals surface area contributed by atoms with Gasteiger partial charge < -0.3 is 5.32 Å². The van der Waals surface area contributed by atoms with Crippen LogP contribution in [0.3, 0.4) is 0 Å². The molecule has 2 rings (SSSR count). The van der Waals surface area contributed by atoms with E-state index in [-0.39, 0.29) is 5.95 Å². The number of hydrogen-bond acceptors (Lipinski definition) is 4. The lowest BCUT2D eigenvalue weighted by molar-refractivity contribution is 0.529. The number of hydrogen-bond donors (Lipinski definition) is 1. The fraction of sp³-hybridized carbons (Fsp3) is 0.100. The normalized spacial score (nSPS) is 10.2. The van der Waals surface area contributed by atoms with Gasteiger partial charge in [-0.3, -0.25) is 0 Å². The van der Waals surface area contributed by atoms with E-state index < -0.39 is 6.08 Å². The molecule has 0 unspecified atom stereocenters. The highest BCUT2D eigenvalue weighted by molar-refractivity contribution is 6.30. The fourth-order valence-electron chi connectivity index (χ4n) is 1.17. The molecule has 1 aromatic carbocycles. The van der Waals surface area contributed by atoms with Crippen molar-refractivity contribution < 1.29 is 4.39 Å². The van der Waals surface area contributed by atoms with E-state index in [1.54, 1.807) is 31.2 Å². The summed E-state index contributed by atoms with van der Waals surface area (Å²) in [4.78, 5) is 10.9. The van der Waals surface area contributed by atoms with Crippen molar-refractivity contribution in [1.29, 1.82) is 0 Å². The van der Waals surface area contributed by atoms with Gasteiger partial charge >= 0.3 is 6.08 Å². The van der Waals surface area contributed by atoms with Crippen LogP contribution in [0.1, 0.15) is 5.82 Å². The molecule has 0 aliphatic rings. The molecule has 0 aliphatic heterocycles. The maximum Gasteiger partial charge on any atom is 0.313 e. The lowest BCUT2D eigenvalue weighted by Crippen LogP contribution is -2.03. The van der Waals surface area contributed by atoms with E-state index in [1.807, 2.05) is 0 Å². The van der Waals surface area contributed by atoms with Gasteiger partial charge in [-0.05, 0) is 31.2 Å². The number of nitrogens with one attached hydrogen (secondary N) is 1. The van der Waals surface area contributed by atoms with E-state index in [2.05, 4.69) is 20.3 Å². The lowest BCUT2D eigenvalue weighted by atomic mass is 10.3. The summed E-state index contributed by atoms with van der Waals surface area (Å²) in [6, 6.07) is 6.93. The number of benzene rings is 1. The summed E-state index contributed by atoms with van der Waals surface area (Å²) in [6.45, 7) is 1.60. The zero-order chi connectivity index (χ0) is 11.5. The average molecular weight is 239 g/mol. The first-order valence-electron chi connectivity index (χ1n) is 4.54. The summed E-state index contributed by atoms with van der Waals surface area (Å²) < 4.78 is 12.9. The van der Waals surface area contributed by atoms with Crippen molar-refractivity contribution in [3.8, 4) is 0 Å². The first-order chi connectivity index (χ1) is 7.63. The van der Waals surface area contributed by atoms with Crippen LogP contribution in [0.2, 0.25) is 5.02 Å². The molecule has 0 radical (unpaired) electrons. The second kappa shape index (κ2) is 4.40. The Labute approximate surface area is 96.5 Å². The molecule has 0 saturated heterocycles. The topological polar surface area (TPSA) is 50.7 Å². The maximum atomic E-state index is 12.9. The molecule has 0 spiro atoms. The van der Waals surface area contributed by atoms with Gasteiger partial charge in [0, 0.05) is 10.7 Å². The molecule has 1 heterocycles. The molecule has 0 bridgehead atoms. The Hall–Kier alpha value is -1.75. The monoisotopic (exact) mass is 238 g/mol. The minimum absolute atomic E-state index is 0.173. The molecule has 82 valence electrons. The Morgan fingerprint density at radius 3 is 2.44 bits per heavy atom. The SMILES string of the molecule is Cc1nc(F)nc(Nc2ccc(Cl)cc2)n1. The zero-order valence-corrected chi connectivity index (χ0v) is 9.16. The molecule has 0 saturated carbocycles. The Kier molecular flexibility index (Phi) is 2.96. The van der Waals surface area contributed by atoms with Crippen LogP contribution < -0.4 is 5.32 Å². The summed E-state index contributed by atoms with van der Waals surface area (Å²) >= 11 is 5.74. The van der Waals surface area contributed by atoms with Crippen LogP contribution in [0.4, 0.5) is 16.0 Å². The number of halogens is 2. The van der Waals surface area contributed by atoms with Crippen LogP contribution in [0.15, 0.2) is 24.3 Å². The van der Waals surface area contributed by atoms with Gasteiger partial charge in [0.2, 0.25) is 5.95 Å². The molecule has 6 heteroatoms. The van der Waals surface area contributed by atoms with Gasteiger partial charge in [-0.25, -0.2) is 0 Å². The molecule has 0 fully saturated rings. The quantitative estimate of drug-likeness (QED) is 0.874. The van der Waals surface area contributed by atoms with Gasteiger partial charge in [-0.1, -0.05) is 11.6 Å². The fourth-order valence-corrected chi connectivity index (χ4v) is 1.29. The smallest absolute Gasteiger partial charge is 0.313 e. The van der Waals surface area contributed by atoms with Crippen molar-refractivity contribution >= 4 is 23.2 Å². The Morgan fingerprint density at radius 1 is 1.12 bits per heavy atom. The molecule has 16 heavy (non-hydrogen) atoms. The van der Waals surface area contributed by atoms with Gasteiger partial charge in [0.05, 0.1) is 0 Å². The summed E-state index contributed by atoms with van der Waals surface area (Å²) in [5.41, 5.74) is 0.731. The molecule has 0 amide bonds. The van der Waals surface area contributed by atoms with Crippen LogP contribution >= 0.6 is 11.6 Å². The highest BCUT2D eigenvalue weighted by Crippen LogP contribution is 2.16. The largest absolute Gasteiger partial charge is 0.324 e. The van der Waals surface area contributed by atoms with E-state index in [4.69, 9.17) is 11.6 Å². The van der Waals surface area contributed by atoms with Crippen molar-refractivity contribution in [2.45, 2.75) is 6.92 Å². The minimum Gasteiger partial charge on any atom is -0.324 e. The summed E-state index contributed by atoms with van der Waals surface area (Å²) in [7, 11) is 0. The van der Waals surface area contributed by atoms with Crippen LogP contribution in [0, 0.1) is 13.0 Å². The summed E-state index contributed by atoms with van der Waals surface area (Å²) in [6.07, 6.45) is -0.802. The molecule has 0 aliphatic carbocycles. The van der Waals surface area contributed by atoms with E-state index in [0.29, 0.717) is 10.8 Å². The van der Waals surface area contributed by atoms with Crippen molar-refractivity contribution in [2.24, 2.45) is 0 Å². The highest BCUT2D eigenvalue weighted by Gasteiger charge is 2.02. The molecule has 1 N–H and O–H groups in total. The van der Waals surface area contributed by atoms with E-state index in [9.17, 15) is 4.39 Å². The van der Waals surface area contributed by atoms with Crippen LogP contribution in [0.5, 0.6) is 0 Å². The minimum atomic E-state index is -0.802. The summed E-state index contributed by atoms with van der Waals surface area (Å²) in [5, 5.41) is 3.48. The van der Waals surface area contributed by atoms with E-state index in [0.717, 1.165) is 5.69 Å². The Morgan fingerprint density at radius 2 is 1.81 bits per heavy atom. The van der Waals surface area contributed by atoms with Gasteiger partial charge in [0.1, 0.15) is 5.82 Å². The molecular weight excluding hydrogens is 231 g/mol. The van der Waals surface area contributed by atoms with Crippen molar-refractivity contribution in [3.63, 3.8) is 0 Å². The number of rotatable bonds is 2. The molecule has 0 atom stereocenters. The third-order valence-electron chi connectivity index (χ3n) is 1.82. The second-order valence-electron chi connectivity index (χ2n) is 3.11. The van der Waals surface area contributed by atoms with Crippen LogP contribution in [-0.2, 0) is 0 Å². The third-order valence-corrected chi connectivity index (χ3v) is 2.07. The second-order valence-corrected chi connectivity index (χ2v) is 3.54. The van der Waals surface area contributed by atoms with E-state index in [1.165, 1.54) is 0 Å². The standard InChI is InChI=1S/C10H8ClFN4/c1-6-13-9(12)16-10(14-6)15-8-4-2-7(11)3-5-8/h2-5H,1H3,(H,13,14,15,16). The predicted octanol–water partition coefficient (Wildman–Crippen LogP) is 2.72. The predicted molar refractivity (Wildman–Crippen MR) is 59.3 cm³/mol. The highest BCUT2D eigenvalue weighted by atomic mass is 35.5. The van der Waals surface area contributed by atoms with E-state index >= 15 is 0 Å². The first-order valence-corrected chi connectivity index (χ1v) is 4.92. The maximum absolute atomic E-state index is 12.9. The Bertz CT molecular complexity index is 480. The van der Waals surface area contributed by atoms with Gasteiger partial charge in [-0.2, -0.15) is 19.3 Å². The first kappa shape index (κ1) is 10.8. The molecule has 2 aromatic rings. The van der Waals surface area contributed by atoms with Gasteiger partial charge in [0.25, 0.3) is 0 Å². The number of anilines is 2. The number of nitrogens with zero attached hydrogens (tertiary/aromatic N) is 3. The van der Waals surface area contributed by atoms with Crippen molar-refractivity contribution in [2.75, 3.05) is 5.32 Å². The number of aryl methyl sites for hydroxylation is 1.